The molecule has 1 heteroatoms. The zero-order valence-corrected chi connectivity index (χ0v) is 33.1. The van der Waals surface area contributed by atoms with Gasteiger partial charge in [-0.3, -0.25) is 0 Å². The maximum absolute atomic E-state index is 2.32. The molecule has 0 heterocycles. The molecule has 7 aromatic rings. The monoisotopic (exact) mass is 723 g/mol. The Morgan fingerprint density at radius 2 is 0.643 bits per heavy atom. The fourth-order valence-corrected chi connectivity index (χ4v) is 7.09. The van der Waals surface area contributed by atoms with Gasteiger partial charge in [0, 0.05) is 17.1 Å². The maximum Gasteiger partial charge on any atom is 0.0462 e. The normalized spacial score (nSPS) is 11.2. The molecule has 7 aromatic carbocycles. The van der Waals surface area contributed by atoms with Gasteiger partial charge in [0.05, 0.1) is 0 Å². The summed E-state index contributed by atoms with van der Waals surface area (Å²) >= 11 is 0. The Bertz CT molecular complexity index is 2290. The van der Waals surface area contributed by atoms with E-state index < -0.39 is 0 Å². The molecule has 0 aliphatic rings. The highest BCUT2D eigenvalue weighted by molar-refractivity contribution is 5.84. The van der Waals surface area contributed by atoms with Gasteiger partial charge < -0.3 is 4.90 Å². The second kappa shape index (κ2) is 17.6. The van der Waals surface area contributed by atoms with Crippen molar-refractivity contribution in [3.05, 3.63) is 255 Å². The van der Waals surface area contributed by atoms with Crippen LogP contribution in [-0.2, 0) is 0 Å². The van der Waals surface area contributed by atoms with Crippen molar-refractivity contribution < 1.29 is 0 Å². The van der Waals surface area contributed by atoms with Crippen molar-refractivity contribution in [3.63, 3.8) is 0 Å². The first-order chi connectivity index (χ1) is 27.3. The Kier molecular flexibility index (Phi) is 11.8. The highest BCUT2D eigenvalue weighted by Crippen LogP contribution is 2.35. The van der Waals surface area contributed by atoms with Crippen LogP contribution >= 0.6 is 0 Å². The Balaban J connectivity index is 1.15. The molecule has 0 saturated heterocycles. The first-order valence-corrected chi connectivity index (χ1v) is 19.4. The minimum atomic E-state index is 1.11. The van der Waals surface area contributed by atoms with Crippen LogP contribution in [0.4, 0.5) is 17.1 Å². The molecule has 0 fully saturated rings. The number of rotatable bonds is 11. The standard InChI is InChI=1S/C55H49N/c1-40-24-30-51(31-25-40)56(52-32-26-45(27-33-52)16-10-22-54(47-18-6-12-41(2)36-47)48-19-7-13-42(3)37-48)53-34-28-46(29-35-53)17-11-23-55(49-20-8-14-43(4)38-49)50-21-9-15-44(5)39-50/h6-39H,1-5H3/b16-10+,17-11+. The van der Waals surface area contributed by atoms with Crippen molar-refractivity contribution in [1.29, 1.82) is 0 Å². The van der Waals surface area contributed by atoms with Crippen molar-refractivity contribution >= 4 is 40.4 Å². The van der Waals surface area contributed by atoms with Crippen molar-refractivity contribution in [2.75, 3.05) is 4.90 Å². The summed E-state index contributed by atoms with van der Waals surface area (Å²) in [5.41, 5.74) is 19.2. The topological polar surface area (TPSA) is 3.24 Å². The molecule has 56 heavy (non-hydrogen) atoms. The minimum absolute atomic E-state index is 1.11. The van der Waals surface area contributed by atoms with E-state index in [2.05, 4.69) is 246 Å². The maximum atomic E-state index is 2.32. The third-order valence-electron chi connectivity index (χ3n) is 10.0. The first-order valence-electron chi connectivity index (χ1n) is 19.4. The molecule has 0 unspecified atom stereocenters. The van der Waals surface area contributed by atoms with Crippen LogP contribution < -0.4 is 4.90 Å². The van der Waals surface area contributed by atoms with E-state index in [9.17, 15) is 0 Å². The summed E-state index contributed by atoms with van der Waals surface area (Å²) in [7, 11) is 0. The van der Waals surface area contributed by atoms with Crippen molar-refractivity contribution in [2.45, 2.75) is 34.6 Å². The first kappa shape index (κ1) is 37.6. The largest absolute Gasteiger partial charge is 0.311 e. The third-order valence-corrected chi connectivity index (χ3v) is 10.0. The lowest BCUT2D eigenvalue weighted by Crippen LogP contribution is -2.09. The van der Waals surface area contributed by atoms with E-state index in [1.807, 2.05) is 0 Å². The smallest absolute Gasteiger partial charge is 0.0462 e. The highest BCUT2D eigenvalue weighted by atomic mass is 15.1. The summed E-state index contributed by atoms with van der Waals surface area (Å²) in [6, 6.07) is 61.3. The third kappa shape index (κ3) is 9.50. The molecular formula is C55H49N. The summed E-state index contributed by atoms with van der Waals surface area (Å²) in [5.74, 6) is 0. The molecule has 0 amide bonds. The van der Waals surface area contributed by atoms with Crippen LogP contribution in [0.5, 0.6) is 0 Å². The van der Waals surface area contributed by atoms with Crippen LogP contribution in [-0.4, -0.2) is 0 Å². The number of anilines is 3. The molecule has 274 valence electrons. The lowest BCUT2D eigenvalue weighted by Gasteiger charge is -2.26. The molecule has 0 aliphatic heterocycles. The number of benzene rings is 7. The predicted octanol–water partition coefficient (Wildman–Crippen LogP) is 15.0. The summed E-state index contributed by atoms with van der Waals surface area (Å²) in [6.45, 7) is 10.7. The molecule has 0 aromatic heterocycles. The molecule has 0 spiro atoms. The van der Waals surface area contributed by atoms with E-state index in [-0.39, 0.29) is 0 Å². The molecule has 1 nitrogen and oxygen atoms in total. The Labute approximate surface area is 334 Å². The Morgan fingerprint density at radius 1 is 0.339 bits per heavy atom. The molecule has 0 N–H and O–H groups in total. The summed E-state index contributed by atoms with van der Waals surface area (Å²) in [4.78, 5) is 2.32. The van der Waals surface area contributed by atoms with Gasteiger partial charge in [0.15, 0.2) is 0 Å². The molecule has 0 bridgehead atoms. The van der Waals surface area contributed by atoms with E-state index in [1.165, 1.54) is 61.2 Å². The quantitative estimate of drug-likeness (QED) is 0.120. The fourth-order valence-electron chi connectivity index (χ4n) is 7.09. The molecule has 0 atom stereocenters. The van der Waals surface area contributed by atoms with Crippen molar-refractivity contribution in [3.8, 4) is 0 Å². The van der Waals surface area contributed by atoms with Gasteiger partial charge in [0.1, 0.15) is 0 Å². The number of allylic oxidation sites excluding steroid dienone is 4. The number of hydrogen-bond donors (Lipinski definition) is 0. The molecule has 0 aliphatic carbocycles. The van der Waals surface area contributed by atoms with E-state index >= 15 is 0 Å². The number of aryl methyl sites for hydroxylation is 5. The number of nitrogens with zero attached hydrogens (tertiary/aromatic N) is 1. The minimum Gasteiger partial charge on any atom is -0.311 e. The summed E-state index contributed by atoms with van der Waals surface area (Å²) < 4.78 is 0. The van der Waals surface area contributed by atoms with E-state index in [4.69, 9.17) is 0 Å². The number of hydrogen-bond acceptors (Lipinski definition) is 1. The fraction of sp³-hybridized carbons (Fsp3) is 0.0909. The van der Waals surface area contributed by atoms with Gasteiger partial charge in [-0.25, -0.2) is 0 Å². The van der Waals surface area contributed by atoms with Crippen LogP contribution in [0.3, 0.4) is 0 Å². The average molecular weight is 724 g/mol. The van der Waals surface area contributed by atoms with Crippen LogP contribution in [0.2, 0.25) is 0 Å². The molecule has 0 radical (unpaired) electrons. The highest BCUT2D eigenvalue weighted by Gasteiger charge is 2.13. The van der Waals surface area contributed by atoms with Crippen molar-refractivity contribution in [1.82, 2.24) is 0 Å². The van der Waals surface area contributed by atoms with E-state index in [0.717, 1.165) is 28.2 Å². The molecule has 0 saturated carbocycles. The second-order valence-electron chi connectivity index (χ2n) is 14.7. The predicted molar refractivity (Wildman–Crippen MR) is 243 cm³/mol. The van der Waals surface area contributed by atoms with Crippen LogP contribution in [0.25, 0.3) is 23.3 Å². The average Bonchev–Trinajstić information content (AvgIpc) is 3.20. The van der Waals surface area contributed by atoms with Gasteiger partial charge in [-0.1, -0.05) is 198 Å². The van der Waals surface area contributed by atoms with Gasteiger partial charge in [0.2, 0.25) is 0 Å². The molecule has 7 rings (SSSR count). The van der Waals surface area contributed by atoms with Crippen LogP contribution in [0.15, 0.2) is 194 Å². The van der Waals surface area contributed by atoms with Gasteiger partial charge in [0.25, 0.3) is 0 Å². The zero-order chi connectivity index (χ0) is 38.9. The summed E-state index contributed by atoms with van der Waals surface area (Å²) in [5, 5.41) is 0. The second-order valence-corrected chi connectivity index (χ2v) is 14.7. The van der Waals surface area contributed by atoms with E-state index in [0.29, 0.717) is 0 Å². The summed E-state index contributed by atoms with van der Waals surface area (Å²) in [6.07, 6.45) is 13.2. The lowest BCUT2D eigenvalue weighted by atomic mass is 9.95. The van der Waals surface area contributed by atoms with Gasteiger partial charge >= 0.3 is 0 Å². The van der Waals surface area contributed by atoms with Crippen molar-refractivity contribution in [2.24, 2.45) is 0 Å². The van der Waals surface area contributed by atoms with Crippen LogP contribution in [0.1, 0.15) is 61.2 Å². The van der Waals surface area contributed by atoms with E-state index in [1.54, 1.807) is 0 Å². The Hall–Kier alpha value is -6.70. The lowest BCUT2D eigenvalue weighted by molar-refractivity contribution is 1.27. The Morgan fingerprint density at radius 3 is 0.946 bits per heavy atom. The SMILES string of the molecule is Cc1ccc(N(c2ccc(/C=C/C=C(c3cccc(C)c3)c3cccc(C)c3)cc2)c2ccc(/C=C/C=C(c3cccc(C)c3)c3cccc(C)c3)cc2)cc1. The van der Waals surface area contributed by atoms with Gasteiger partial charge in [-0.15, -0.1) is 0 Å². The zero-order valence-electron chi connectivity index (χ0n) is 33.1. The molecular weight excluding hydrogens is 675 g/mol. The van der Waals surface area contributed by atoms with Crippen LogP contribution in [0, 0.1) is 34.6 Å². The van der Waals surface area contributed by atoms with Gasteiger partial charge in [-0.05, 0) is 116 Å². The van der Waals surface area contributed by atoms with Gasteiger partial charge in [-0.2, -0.15) is 0 Å².